The lowest BCUT2D eigenvalue weighted by atomic mass is 10.1. The van der Waals surface area contributed by atoms with E-state index in [0.29, 0.717) is 0 Å². The molecule has 10 heteroatoms. The van der Waals surface area contributed by atoms with E-state index in [4.69, 9.17) is 23.2 Å². The molecule has 7 nitrogen and oxygen atoms in total. The summed E-state index contributed by atoms with van der Waals surface area (Å²) in [6.45, 7) is 0. The van der Waals surface area contributed by atoms with Crippen LogP contribution < -0.4 is 10.4 Å². The van der Waals surface area contributed by atoms with E-state index >= 15 is 0 Å². The first kappa shape index (κ1) is 17.8. The van der Waals surface area contributed by atoms with Gasteiger partial charge >= 0.3 is 0 Å². The van der Waals surface area contributed by atoms with Crippen LogP contribution in [0, 0.1) is 15.9 Å². The second kappa shape index (κ2) is 6.74. The van der Waals surface area contributed by atoms with E-state index in [2.05, 4.69) is 5.43 Å². The number of amides is 2. The van der Waals surface area contributed by atoms with E-state index in [9.17, 15) is 24.1 Å². The van der Waals surface area contributed by atoms with Gasteiger partial charge in [-0.15, -0.1) is 0 Å². The lowest BCUT2D eigenvalue weighted by Gasteiger charge is -2.14. The quantitative estimate of drug-likeness (QED) is 0.372. The molecule has 0 atom stereocenters. The zero-order valence-corrected chi connectivity index (χ0v) is 14.2. The molecule has 0 bridgehead atoms. The maximum Gasteiger partial charge on any atom is 0.288 e. The number of carbonyl (C=O) groups excluding carboxylic acids is 2. The fourth-order valence-corrected chi connectivity index (χ4v) is 2.65. The molecule has 0 aromatic heterocycles. The summed E-state index contributed by atoms with van der Waals surface area (Å²) in [5.74, 6) is -2.10. The van der Waals surface area contributed by atoms with E-state index < -0.39 is 22.6 Å². The van der Waals surface area contributed by atoms with E-state index in [1.807, 2.05) is 0 Å². The summed E-state index contributed by atoms with van der Waals surface area (Å²) >= 11 is 11.4. The van der Waals surface area contributed by atoms with Gasteiger partial charge in [-0.2, -0.15) is 0 Å². The third-order valence-electron chi connectivity index (χ3n) is 3.53. The molecular formula is C16H8Cl2FN3O4. The Kier molecular flexibility index (Phi) is 4.62. The highest BCUT2D eigenvalue weighted by Crippen LogP contribution is 2.28. The van der Waals surface area contributed by atoms with Crippen LogP contribution in [0.4, 0.5) is 15.8 Å². The number of anilines is 1. The number of nitrogens with one attached hydrogen (secondary N) is 1. The Hall–Kier alpha value is -2.97. The Morgan fingerprint density at radius 3 is 2.50 bits per heavy atom. The number of nitrogens with zero attached hydrogens (tertiary/aromatic N) is 2. The Morgan fingerprint density at radius 2 is 1.85 bits per heavy atom. The van der Waals surface area contributed by atoms with Crippen LogP contribution >= 0.6 is 23.2 Å². The summed E-state index contributed by atoms with van der Waals surface area (Å²) < 4.78 is 13.3. The predicted octanol–water partition coefficient (Wildman–Crippen LogP) is 3.50. The van der Waals surface area contributed by atoms with E-state index in [1.54, 1.807) is 0 Å². The Morgan fingerprint density at radius 1 is 1.12 bits per heavy atom. The molecule has 1 aliphatic heterocycles. The largest absolute Gasteiger partial charge is 0.288 e. The first-order valence-corrected chi connectivity index (χ1v) is 7.79. The lowest BCUT2D eigenvalue weighted by molar-refractivity contribution is -0.384. The van der Waals surface area contributed by atoms with Crippen molar-refractivity contribution in [3.05, 3.63) is 73.5 Å². The Labute approximate surface area is 155 Å². The monoisotopic (exact) mass is 395 g/mol. The van der Waals surface area contributed by atoms with E-state index in [0.717, 1.165) is 17.1 Å². The zero-order chi connectivity index (χ0) is 19.0. The molecule has 1 fully saturated rings. The minimum Gasteiger partial charge on any atom is -0.267 e. The van der Waals surface area contributed by atoms with Gasteiger partial charge in [0.25, 0.3) is 17.5 Å². The summed E-state index contributed by atoms with van der Waals surface area (Å²) in [6, 6.07) is 7.39. The molecule has 0 radical (unpaired) electrons. The topological polar surface area (TPSA) is 92.6 Å². The van der Waals surface area contributed by atoms with Gasteiger partial charge in [0.05, 0.1) is 15.6 Å². The number of benzene rings is 2. The summed E-state index contributed by atoms with van der Waals surface area (Å²) in [6.07, 6.45) is 1.20. The van der Waals surface area contributed by atoms with Crippen LogP contribution in [0.2, 0.25) is 10.0 Å². The number of rotatable bonds is 3. The van der Waals surface area contributed by atoms with Crippen molar-refractivity contribution < 1.29 is 18.9 Å². The molecule has 1 aliphatic rings. The summed E-state index contributed by atoms with van der Waals surface area (Å²) in [4.78, 5) is 34.8. The maximum atomic E-state index is 13.3. The average molecular weight is 396 g/mol. The first-order valence-electron chi connectivity index (χ1n) is 7.04. The zero-order valence-electron chi connectivity index (χ0n) is 12.7. The molecule has 26 heavy (non-hydrogen) atoms. The van der Waals surface area contributed by atoms with Crippen molar-refractivity contribution in [3.8, 4) is 0 Å². The molecule has 0 aliphatic carbocycles. The van der Waals surface area contributed by atoms with Crippen molar-refractivity contribution in [2.75, 3.05) is 5.01 Å². The SMILES string of the molecule is O=C1NN(c2ccc(F)c(Cl)c2)C(=O)C1=Cc1ccc(Cl)c([N+](=O)[O-])c1. The first-order chi connectivity index (χ1) is 12.3. The van der Waals surface area contributed by atoms with Crippen LogP contribution in [0.3, 0.4) is 0 Å². The van der Waals surface area contributed by atoms with Gasteiger partial charge in [-0.05, 0) is 35.9 Å². The van der Waals surface area contributed by atoms with Crippen molar-refractivity contribution in [1.82, 2.24) is 5.43 Å². The van der Waals surface area contributed by atoms with Gasteiger partial charge in [0, 0.05) is 6.07 Å². The predicted molar refractivity (Wildman–Crippen MR) is 93.1 cm³/mol. The van der Waals surface area contributed by atoms with Crippen molar-refractivity contribution in [1.29, 1.82) is 0 Å². The lowest BCUT2D eigenvalue weighted by Crippen LogP contribution is -2.35. The summed E-state index contributed by atoms with van der Waals surface area (Å²) in [5.41, 5.74) is 2.14. The third-order valence-corrected chi connectivity index (χ3v) is 4.14. The number of carbonyl (C=O) groups is 2. The molecule has 3 rings (SSSR count). The van der Waals surface area contributed by atoms with Gasteiger partial charge in [0.2, 0.25) is 0 Å². The fraction of sp³-hybridized carbons (Fsp3) is 0. The molecule has 0 unspecified atom stereocenters. The summed E-state index contributed by atoms with van der Waals surface area (Å²) in [5, 5.41) is 11.6. The van der Waals surface area contributed by atoms with Gasteiger partial charge in [-0.1, -0.05) is 29.3 Å². The highest BCUT2D eigenvalue weighted by molar-refractivity contribution is 6.34. The number of nitro benzene ring substituents is 1. The number of hydrogen-bond acceptors (Lipinski definition) is 4. The number of hydrogen-bond donors (Lipinski definition) is 1. The molecule has 2 aromatic rings. The molecule has 2 amide bonds. The molecule has 2 aromatic carbocycles. The van der Waals surface area contributed by atoms with Gasteiger partial charge in [-0.25, -0.2) is 9.40 Å². The van der Waals surface area contributed by atoms with Crippen molar-refractivity contribution >= 4 is 52.5 Å². The number of hydrazine groups is 1. The second-order valence-electron chi connectivity index (χ2n) is 5.21. The molecule has 132 valence electrons. The van der Waals surface area contributed by atoms with Crippen molar-refractivity contribution in [3.63, 3.8) is 0 Å². The minimum atomic E-state index is -0.715. The van der Waals surface area contributed by atoms with Crippen LogP contribution in [0.5, 0.6) is 0 Å². The molecule has 1 heterocycles. The highest BCUT2D eigenvalue weighted by Gasteiger charge is 2.34. The van der Waals surface area contributed by atoms with Crippen LogP contribution in [-0.4, -0.2) is 16.7 Å². The molecular weight excluding hydrogens is 388 g/mol. The summed E-state index contributed by atoms with van der Waals surface area (Å²) in [7, 11) is 0. The molecule has 1 saturated heterocycles. The smallest absolute Gasteiger partial charge is 0.267 e. The van der Waals surface area contributed by atoms with Gasteiger partial charge in [0.15, 0.2) is 0 Å². The normalized spacial score (nSPS) is 15.5. The van der Waals surface area contributed by atoms with E-state index in [1.165, 1.54) is 30.3 Å². The Bertz CT molecular complexity index is 993. The van der Waals surface area contributed by atoms with Gasteiger partial charge < -0.3 is 0 Å². The second-order valence-corrected chi connectivity index (χ2v) is 6.02. The van der Waals surface area contributed by atoms with Crippen molar-refractivity contribution in [2.45, 2.75) is 0 Å². The van der Waals surface area contributed by atoms with Crippen LogP contribution in [0.1, 0.15) is 5.56 Å². The maximum absolute atomic E-state index is 13.3. The van der Waals surface area contributed by atoms with E-state index in [-0.39, 0.29) is 32.6 Å². The minimum absolute atomic E-state index is 0.0677. The molecule has 1 N–H and O–H groups in total. The average Bonchev–Trinajstić information content (AvgIpc) is 2.87. The van der Waals surface area contributed by atoms with Gasteiger partial charge in [-0.3, -0.25) is 25.1 Å². The number of halogens is 3. The van der Waals surface area contributed by atoms with Crippen LogP contribution in [0.15, 0.2) is 42.0 Å². The van der Waals surface area contributed by atoms with Gasteiger partial charge in [0.1, 0.15) is 16.4 Å². The van der Waals surface area contributed by atoms with Crippen molar-refractivity contribution in [2.24, 2.45) is 0 Å². The van der Waals surface area contributed by atoms with Crippen LogP contribution in [0.25, 0.3) is 6.08 Å². The standard InChI is InChI=1S/C16H8Cl2FN3O4/c17-11-3-1-8(6-14(11)22(25)26)5-10-15(23)20-21(16(10)24)9-2-4-13(19)12(18)7-9/h1-7H,(H,20,23). The third kappa shape index (κ3) is 3.24. The Balaban J connectivity index is 1.96. The highest BCUT2D eigenvalue weighted by atomic mass is 35.5. The fourth-order valence-electron chi connectivity index (χ4n) is 2.29. The molecule has 0 spiro atoms. The van der Waals surface area contributed by atoms with Crippen LogP contribution in [-0.2, 0) is 9.59 Å². The number of nitro groups is 1. The molecule has 0 saturated carbocycles.